The summed E-state index contributed by atoms with van der Waals surface area (Å²) in [6.07, 6.45) is 0. The molecule has 0 radical (unpaired) electrons. The van der Waals surface area contributed by atoms with E-state index in [4.69, 9.17) is 21.7 Å². The third kappa shape index (κ3) is 5.51. The first kappa shape index (κ1) is 22.4. The molecule has 0 aliphatic heterocycles. The lowest BCUT2D eigenvalue weighted by atomic mass is 10.1. The highest BCUT2D eigenvalue weighted by atomic mass is 32.1. The topological polar surface area (TPSA) is 66.6 Å². The van der Waals surface area contributed by atoms with Gasteiger partial charge >= 0.3 is 0 Å². The molecule has 0 bridgehead atoms. The van der Waals surface area contributed by atoms with E-state index in [2.05, 4.69) is 10.3 Å². The summed E-state index contributed by atoms with van der Waals surface area (Å²) in [6.45, 7) is 0.880. The number of aromatic nitrogens is 1. The highest BCUT2D eigenvalue weighted by Gasteiger charge is 2.15. The van der Waals surface area contributed by atoms with E-state index in [0.717, 1.165) is 27.9 Å². The summed E-state index contributed by atoms with van der Waals surface area (Å²) < 4.78 is 10.5. The van der Waals surface area contributed by atoms with Crippen molar-refractivity contribution in [2.75, 3.05) is 19.5 Å². The van der Waals surface area contributed by atoms with Crippen LogP contribution in [0.1, 0.15) is 11.1 Å². The lowest BCUT2D eigenvalue weighted by Gasteiger charge is -2.26. The number of anilines is 1. The number of pyridine rings is 1. The van der Waals surface area contributed by atoms with Crippen LogP contribution in [-0.4, -0.2) is 29.2 Å². The minimum atomic E-state index is -0.155. The molecule has 4 aromatic rings. The fraction of sp³-hybridized carbons (Fsp3) is 0.154. The molecule has 168 valence electrons. The standard InChI is InChI=1S/C26H25N3O3S/c1-31-22-11-8-18(9-12-22)16-29(26(33)27-21-6-4-3-5-7-21)17-20-14-19-10-13-23(32-2)15-24(19)28-25(20)30/h3-15H,16-17H2,1-2H3,(H,27,33)(H,28,30). The predicted octanol–water partition coefficient (Wildman–Crippen LogP) is 4.94. The second-order valence-corrected chi connectivity index (χ2v) is 7.96. The Morgan fingerprint density at radius 1 is 0.909 bits per heavy atom. The van der Waals surface area contributed by atoms with Crippen LogP contribution in [-0.2, 0) is 13.1 Å². The largest absolute Gasteiger partial charge is 0.497 e. The van der Waals surface area contributed by atoms with Crippen LogP contribution < -0.4 is 20.3 Å². The number of nitrogens with zero attached hydrogens (tertiary/aromatic N) is 1. The fourth-order valence-electron chi connectivity index (χ4n) is 3.55. The van der Waals surface area contributed by atoms with Gasteiger partial charge in [0.15, 0.2) is 5.11 Å². The molecule has 0 saturated carbocycles. The van der Waals surface area contributed by atoms with Gasteiger partial charge in [0, 0.05) is 23.9 Å². The molecule has 3 aromatic carbocycles. The van der Waals surface area contributed by atoms with Crippen molar-refractivity contribution < 1.29 is 9.47 Å². The number of hydrogen-bond donors (Lipinski definition) is 2. The van der Waals surface area contributed by atoms with E-state index in [1.807, 2.05) is 83.8 Å². The van der Waals surface area contributed by atoms with E-state index in [1.165, 1.54) is 0 Å². The molecule has 0 spiro atoms. The van der Waals surface area contributed by atoms with Crippen LogP contribution in [0.3, 0.4) is 0 Å². The summed E-state index contributed by atoms with van der Waals surface area (Å²) >= 11 is 5.74. The number of methoxy groups -OCH3 is 2. The Kier molecular flexibility index (Phi) is 6.90. The molecular weight excluding hydrogens is 434 g/mol. The van der Waals surface area contributed by atoms with Crippen molar-refractivity contribution in [1.82, 2.24) is 9.88 Å². The highest BCUT2D eigenvalue weighted by molar-refractivity contribution is 7.80. The fourth-order valence-corrected chi connectivity index (χ4v) is 3.80. The average Bonchev–Trinajstić information content (AvgIpc) is 2.84. The van der Waals surface area contributed by atoms with Crippen molar-refractivity contribution in [3.8, 4) is 11.5 Å². The molecular formula is C26H25N3O3S. The van der Waals surface area contributed by atoms with Gasteiger partial charge in [-0.1, -0.05) is 30.3 Å². The van der Waals surface area contributed by atoms with Crippen molar-refractivity contribution in [1.29, 1.82) is 0 Å². The molecule has 0 fully saturated rings. The SMILES string of the molecule is COc1ccc(CN(Cc2cc3ccc(OC)cc3[nH]c2=O)C(=S)Nc2ccccc2)cc1. The molecule has 7 heteroatoms. The lowest BCUT2D eigenvalue weighted by Crippen LogP contribution is -2.35. The normalized spacial score (nSPS) is 10.6. The number of para-hydroxylation sites is 1. The third-order valence-electron chi connectivity index (χ3n) is 5.34. The number of hydrogen-bond acceptors (Lipinski definition) is 4. The molecule has 2 N–H and O–H groups in total. The molecule has 33 heavy (non-hydrogen) atoms. The summed E-state index contributed by atoms with van der Waals surface area (Å²) in [5.41, 5.74) is 3.14. The van der Waals surface area contributed by atoms with Crippen LogP contribution >= 0.6 is 12.2 Å². The van der Waals surface area contributed by atoms with Gasteiger partial charge in [0.05, 0.1) is 26.3 Å². The van der Waals surface area contributed by atoms with Gasteiger partial charge in [-0.3, -0.25) is 4.79 Å². The zero-order chi connectivity index (χ0) is 23.2. The molecule has 0 unspecified atom stereocenters. The smallest absolute Gasteiger partial charge is 0.253 e. The molecule has 4 rings (SSSR count). The minimum Gasteiger partial charge on any atom is -0.497 e. The van der Waals surface area contributed by atoms with Crippen LogP contribution in [0.15, 0.2) is 83.7 Å². The Labute approximate surface area is 197 Å². The molecule has 0 aliphatic rings. The van der Waals surface area contributed by atoms with Crippen LogP contribution in [0.2, 0.25) is 0 Å². The number of rotatable bonds is 7. The van der Waals surface area contributed by atoms with Crippen molar-refractivity contribution in [2.24, 2.45) is 0 Å². The monoisotopic (exact) mass is 459 g/mol. The Hall–Kier alpha value is -3.84. The van der Waals surface area contributed by atoms with Gasteiger partial charge in [-0.15, -0.1) is 0 Å². The molecule has 0 saturated heterocycles. The Morgan fingerprint density at radius 3 is 2.30 bits per heavy atom. The summed E-state index contributed by atoms with van der Waals surface area (Å²) in [5, 5.41) is 4.74. The van der Waals surface area contributed by atoms with Crippen LogP contribution in [0.4, 0.5) is 5.69 Å². The number of fused-ring (bicyclic) bond motifs is 1. The molecule has 1 aromatic heterocycles. The van der Waals surface area contributed by atoms with Crippen molar-refractivity contribution in [2.45, 2.75) is 13.1 Å². The summed E-state index contributed by atoms with van der Waals surface area (Å²) in [6, 6.07) is 25.1. The lowest BCUT2D eigenvalue weighted by molar-refractivity contribution is 0.406. The van der Waals surface area contributed by atoms with Crippen LogP contribution in [0, 0.1) is 0 Å². The van der Waals surface area contributed by atoms with E-state index in [9.17, 15) is 4.79 Å². The van der Waals surface area contributed by atoms with Gasteiger partial charge in [0.25, 0.3) is 5.56 Å². The van der Waals surface area contributed by atoms with Crippen LogP contribution in [0.5, 0.6) is 11.5 Å². The zero-order valence-corrected chi connectivity index (χ0v) is 19.3. The van der Waals surface area contributed by atoms with Gasteiger partial charge in [0.1, 0.15) is 11.5 Å². The first-order valence-electron chi connectivity index (χ1n) is 10.5. The number of benzene rings is 3. The van der Waals surface area contributed by atoms with Gasteiger partial charge in [-0.05, 0) is 65.6 Å². The Morgan fingerprint density at radius 2 is 1.61 bits per heavy atom. The van der Waals surface area contributed by atoms with Crippen LogP contribution in [0.25, 0.3) is 10.9 Å². The molecule has 0 atom stereocenters. The number of ether oxygens (including phenoxy) is 2. The maximum absolute atomic E-state index is 12.9. The van der Waals surface area contributed by atoms with Gasteiger partial charge < -0.3 is 24.7 Å². The molecule has 0 aliphatic carbocycles. The van der Waals surface area contributed by atoms with E-state index in [0.29, 0.717) is 29.5 Å². The first-order valence-corrected chi connectivity index (χ1v) is 10.9. The Balaban J connectivity index is 1.63. The van der Waals surface area contributed by atoms with E-state index in [-0.39, 0.29) is 5.56 Å². The number of nitrogens with one attached hydrogen (secondary N) is 2. The summed E-state index contributed by atoms with van der Waals surface area (Å²) in [4.78, 5) is 17.8. The highest BCUT2D eigenvalue weighted by Crippen LogP contribution is 2.20. The molecule has 1 heterocycles. The summed E-state index contributed by atoms with van der Waals surface area (Å²) in [7, 11) is 3.24. The maximum Gasteiger partial charge on any atom is 0.253 e. The molecule has 0 amide bonds. The second kappa shape index (κ2) is 10.2. The van der Waals surface area contributed by atoms with E-state index < -0.39 is 0 Å². The first-order chi connectivity index (χ1) is 16.1. The zero-order valence-electron chi connectivity index (χ0n) is 18.5. The van der Waals surface area contributed by atoms with Gasteiger partial charge in [-0.2, -0.15) is 0 Å². The number of aromatic amines is 1. The van der Waals surface area contributed by atoms with E-state index in [1.54, 1.807) is 14.2 Å². The van der Waals surface area contributed by atoms with Crippen molar-refractivity contribution >= 4 is 33.9 Å². The molecule has 6 nitrogen and oxygen atoms in total. The predicted molar refractivity (Wildman–Crippen MR) is 136 cm³/mol. The Bertz CT molecular complexity index is 1300. The summed E-state index contributed by atoms with van der Waals surface area (Å²) in [5.74, 6) is 1.48. The number of H-pyrrole nitrogens is 1. The maximum atomic E-state index is 12.9. The minimum absolute atomic E-state index is 0.155. The quantitative estimate of drug-likeness (QED) is 0.382. The van der Waals surface area contributed by atoms with Crippen molar-refractivity contribution in [3.63, 3.8) is 0 Å². The van der Waals surface area contributed by atoms with Gasteiger partial charge in [0.2, 0.25) is 0 Å². The van der Waals surface area contributed by atoms with Crippen molar-refractivity contribution in [3.05, 3.63) is 100 Å². The third-order valence-corrected chi connectivity index (χ3v) is 5.70. The average molecular weight is 460 g/mol. The number of thiocarbonyl (C=S) groups is 1. The second-order valence-electron chi connectivity index (χ2n) is 7.58. The van der Waals surface area contributed by atoms with Gasteiger partial charge in [-0.25, -0.2) is 0 Å². The van der Waals surface area contributed by atoms with E-state index >= 15 is 0 Å².